The molecule has 0 aliphatic carbocycles. The predicted octanol–water partition coefficient (Wildman–Crippen LogP) is 3.66. The smallest absolute Gasteiger partial charge is 0.121 e. The fourth-order valence-corrected chi connectivity index (χ4v) is 2.05. The molecule has 0 N–H and O–H groups in total. The van der Waals surface area contributed by atoms with Gasteiger partial charge in [0.1, 0.15) is 5.54 Å². The van der Waals surface area contributed by atoms with Crippen LogP contribution < -0.4 is 4.90 Å². The summed E-state index contributed by atoms with van der Waals surface area (Å²) in [5, 5.41) is 9.25. The summed E-state index contributed by atoms with van der Waals surface area (Å²) in [5.41, 5.74) is 5.79. The van der Waals surface area contributed by atoms with Gasteiger partial charge in [0.2, 0.25) is 0 Å². The maximum atomic E-state index is 9.25. The van der Waals surface area contributed by atoms with Gasteiger partial charge in [-0.3, -0.25) is 0 Å². The highest BCUT2D eigenvalue weighted by Gasteiger charge is 2.26. The molecule has 0 atom stereocenters. The monoisotopic (exact) mass is 230 g/mol. The Balaban J connectivity index is 3.47. The van der Waals surface area contributed by atoms with E-state index in [9.17, 15) is 5.26 Å². The van der Waals surface area contributed by atoms with Crippen molar-refractivity contribution >= 4 is 5.69 Å². The Bertz CT molecular complexity index is 452. The largest absolute Gasteiger partial charge is 0.356 e. The number of nitrogens with zero attached hydrogens (tertiary/aromatic N) is 2. The molecular weight excluding hydrogens is 208 g/mol. The van der Waals surface area contributed by atoms with Crippen molar-refractivity contribution in [3.8, 4) is 6.07 Å². The molecule has 0 aliphatic heterocycles. The van der Waals surface area contributed by atoms with E-state index in [2.05, 4.69) is 44.7 Å². The highest BCUT2D eigenvalue weighted by Crippen LogP contribution is 2.32. The van der Waals surface area contributed by atoms with Crippen LogP contribution in [0.4, 0.5) is 5.69 Å². The Kier molecular flexibility index (Phi) is 3.52. The van der Waals surface area contributed by atoms with E-state index in [-0.39, 0.29) is 0 Å². The molecule has 0 heterocycles. The zero-order valence-corrected chi connectivity index (χ0v) is 12.0. The SMILES string of the molecule is Cc1cc(C)c(C)c(N(C)C(C)(C)C#N)c1C. The zero-order chi connectivity index (χ0) is 13.4. The molecule has 0 aliphatic rings. The molecular formula is C15H22N2. The van der Waals surface area contributed by atoms with Gasteiger partial charge in [0.25, 0.3) is 0 Å². The molecule has 0 amide bonds. The summed E-state index contributed by atoms with van der Waals surface area (Å²) < 4.78 is 0. The van der Waals surface area contributed by atoms with Crippen LogP contribution >= 0.6 is 0 Å². The van der Waals surface area contributed by atoms with Crippen LogP contribution in [-0.2, 0) is 0 Å². The lowest BCUT2D eigenvalue weighted by molar-refractivity contribution is 0.614. The number of benzene rings is 1. The first-order valence-corrected chi connectivity index (χ1v) is 5.95. The van der Waals surface area contributed by atoms with Gasteiger partial charge in [-0.1, -0.05) is 6.07 Å². The van der Waals surface area contributed by atoms with Gasteiger partial charge in [0, 0.05) is 12.7 Å². The Morgan fingerprint density at radius 3 is 1.82 bits per heavy atom. The van der Waals surface area contributed by atoms with Crippen molar-refractivity contribution in [3.63, 3.8) is 0 Å². The lowest BCUT2D eigenvalue weighted by Crippen LogP contribution is -2.40. The molecule has 0 bridgehead atoms. The van der Waals surface area contributed by atoms with Crippen LogP contribution in [-0.4, -0.2) is 12.6 Å². The molecule has 92 valence electrons. The van der Waals surface area contributed by atoms with Crippen LogP contribution in [0.5, 0.6) is 0 Å². The van der Waals surface area contributed by atoms with Crippen LogP contribution in [0.2, 0.25) is 0 Å². The van der Waals surface area contributed by atoms with E-state index in [4.69, 9.17) is 0 Å². The highest BCUT2D eigenvalue weighted by molar-refractivity contribution is 5.65. The van der Waals surface area contributed by atoms with E-state index in [0.717, 1.165) is 0 Å². The second-order valence-corrected chi connectivity index (χ2v) is 5.34. The summed E-state index contributed by atoms with van der Waals surface area (Å²) in [7, 11) is 2.00. The van der Waals surface area contributed by atoms with Crippen molar-refractivity contribution in [2.75, 3.05) is 11.9 Å². The summed E-state index contributed by atoms with van der Waals surface area (Å²) in [5.74, 6) is 0. The molecule has 1 rings (SSSR count). The second kappa shape index (κ2) is 4.41. The molecule has 0 saturated carbocycles. The van der Waals surface area contributed by atoms with E-state index < -0.39 is 5.54 Å². The van der Waals surface area contributed by atoms with E-state index in [1.54, 1.807) is 0 Å². The number of rotatable bonds is 2. The lowest BCUT2D eigenvalue weighted by atomic mass is 9.95. The first kappa shape index (κ1) is 13.6. The minimum atomic E-state index is -0.490. The zero-order valence-electron chi connectivity index (χ0n) is 12.0. The van der Waals surface area contributed by atoms with Crippen molar-refractivity contribution in [1.82, 2.24) is 0 Å². The Morgan fingerprint density at radius 2 is 1.47 bits per heavy atom. The molecule has 1 aromatic carbocycles. The van der Waals surface area contributed by atoms with Gasteiger partial charge in [0.15, 0.2) is 0 Å². The number of hydrogen-bond acceptors (Lipinski definition) is 2. The highest BCUT2D eigenvalue weighted by atomic mass is 15.2. The number of aryl methyl sites for hydroxylation is 2. The van der Waals surface area contributed by atoms with Crippen molar-refractivity contribution in [1.29, 1.82) is 5.26 Å². The van der Waals surface area contributed by atoms with Crippen LogP contribution in [0.3, 0.4) is 0 Å². The molecule has 0 spiro atoms. The van der Waals surface area contributed by atoms with E-state index in [1.807, 2.05) is 20.9 Å². The van der Waals surface area contributed by atoms with Gasteiger partial charge in [0.05, 0.1) is 6.07 Å². The van der Waals surface area contributed by atoms with E-state index >= 15 is 0 Å². The molecule has 0 unspecified atom stereocenters. The van der Waals surface area contributed by atoms with Crippen molar-refractivity contribution in [3.05, 3.63) is 28.3 Å². The molecule has 0 aromatic heterocycles. The second-order valence-electron chi connectivity index (χ2n) is 5.34. The summed E-state index contributed by atoms with van der Waals surface area (Å²) in [4.78, 5) is 2.08. The Labute approximate surface area is 105 Å². The molecule has 1 aromatic rings. The lowest BCUT2D eigenvalue weighted by Gasteiger charge is -2.34. The Hall–Kier alpha value is -1.49. The third-order valence-electron chi connectivity index (χ3n) is 3.77. The number of anilines is 1. The maximum absolute atomic E-state index is 9.25. The molecule has 0 radical (unpaired) electrons. The summed E-state index contributed by atoms with van der Waals surface area (Å²) in [6.07, 6.45) is 0. The maximum Gasteiger partial charge on any atom is 0.121 e. The molecule has 2 heteroatoms. The Morgan fingerprint density at radius 1 is 1.06 bits per heavy atom. The van der Waals surface area contributed by atoms with Crippen LogP contribution in [0.15, 0.2) is 6.07 Å². The third-order valence-corrected chi connectivity index (χ3v) is 3.77. The standard InChI is InChI=1S/C15H22N2/c1-10-8-11(2)13(4)14(12(10)3)17(7)15(5,6)9-16/h8H,1-7H3. The summed E-state index contributed by atoms with van der Waals surface area (Å²) in [6.45, 7) is 12.4. The van der Waals surface area contributed by atoms with Gasteiger partial charge >= 0.3 is 0 Å². The van der Waals surface area contributed by atoms with Gasteiger partial charge in [-0.15, -0.1) is 0 Å². The predicted molar refractivity (Wildman–Crippen MR) is 73.5 cm³/mol. The molecule has 0 saturated heterocycles. The van der Waals surface area contributed by atoms with Gasteiger partial charge < -0.3 is 4.90 Å². The quantitative estimate of drug-likeness (QED) is 0.775. The average Bonchev–Trinajstić information content (AvgIpc) is 2.26. The number of hydrogen-bond donors (Lipinski definition) is 0. The van der Waals surface area contributed by atoms with Crippen molar-refractivity contribution in [2.24, 2.45) is 0 Å². The number of nitriles is 1. The minimum Gasteiger partial charge on any atom is -0.356 e. The van der Waals surface area contributed by atoms with Gasteiger partial charge in [-0.2, -0.15) is 5.26 Å². The fourth-order valence-electron chi connectivity index (χ4n) is 2.05. The van der Waals surface area contributed by atoms with Crippen molar-refractivity contribution < 1.29 is 0 Å². The van der Waals surface area contributed by atoms with Gasteiger partial charge in [-0.25, -0.2) is 0 Å². The third kappa shape index (κ3) is 2.29. The van der Waals surface area contributed by atoms with Crippen LogP contribution in [0, 0.1) is 39.0 Å². The van der Waals surface area contributed by atoms with E-state index in [0.29, 0.717) is 0 Å². The van der Waals surface area contributed by atoms with E-state index in [1.165, 1.54) is 27.9 Å². The van der Waals surface area contributed by atoms with Crippen LogP contribution in [0.25, 0.3) is 0 Å². The van der Waals surface area contributed by atoms with Crippen LogP contribution in [0.1, 0.15) is 36.1 Å². The minimum absolute atomic E-state index is 0.490. The molecule has 2 nitrogen and oxygen atoms in total. The summed E-state index contributed by atoms with van der Waals surface area (Å²) >= 11 is 0. The average molecular weight is 230 g/mol. The first-order valence-electron chi connectivity index (χ1n) is 5.95. The van der Waals surface area contributed by atoms with Crippen molar-refractivity contribution in [2.45, 2.75) is 47.1 Å². The van der Waals surface area contributed by atoms with Gasteiger partial charge in [-0.05, 0) is 63.8 Å². The summed E-state index contributed by atoms with van der Waals surface area (Å²) in [6, 6.07) is 4.57. The molecule has 17 heavy (non-hydrogen) atoms. The normalized spacial score (nSPS) is 11.2. The topological polar surface area (TPSA) is 27.0 Å². The fraction of sp³-hybridized carbons (Fsp3) is 0.533. The first-order chi connectivity index (χ1) is 7.72. The molecule has 0 fully saturated rings.